The third kappa shape index (κ3) is 2.45. The summed E-state index contributed by atoms with van der Waals surface area (Å²) in [6.45, 7) is 4.49. The van der Waals surface area contributed by atoms with Crippen LogP contribution in [0.5, 0.6) is 0 Å². The average Bonchev–Trinajstić information content (AvgIpc) is 2.64. The molecule has 0 spiro atoms. The Morgan fingerprint density at radius 1 is 1.31 bits per heavy atom. The number of likely N-dealkylation sites (N-methyl/N-ethyl adjacent to an activating group) is 2. The van der Waals surface area contributed by atoms with Gasteiger partial charge in [0.2, 0.25) is 0 Å². The molecule has 1 atom stereocenters. The predicted octanol–water partition coefficient (Wildman–Crippen LogP) is 1.83. The number of rotatable bonds is 3. The SMILES string of the molecule is CNC1(Cc2ccc(C)cc2)CCN(C)C1. The molecule has 1 N–H and O–H groups in total. The Morgan fingerprint density at radius 3 is 2.50 bits per heavy atom. The molecule has 16 heavy (non-hydrogen) atoms. The van der Waals surface area contributed by atoms with Crippen LogP contribution in [0.3, 0.4) is 0 Å². The van der Waals surface area contributed by atoms with Gasteiger partial charge in [-0.2, -0.15) is 0 Å². The lowest BCUT2D eigenvalue weighted by Gasteiger charge is -2.29. The Morgan fingerprint density at radius 2 is 2.00 bits per heavy atom. The monoisotopic (exact) mass is 218 g/mol. The van der Waals surface area contributed by atoms with Gasteiger partial charge in [0, 0.05) is 12.1 Å². The van der Waals surface area contributed by atoms with Gasteiger partial charge in [0.15, 0.2) is 0 Å². The van der Waals surface area contributed by atoms with Gasteiger partial charge in [-0.25, -0.2) is 0 Å². The molecule has 88 valence electrons. The van der Waals surface area contributed by atoms with Crippen molar-refractivity contribution in [1.82, 2.24) is 10.2 Å². The maximum atomic E-state index is 3.53. The normalized spacial score (nSPS) is 26.2. The first-order chi connectivity index (χ1) is 7.63. The molecule has 1 heterocycles. The van der Waals surface area contributed by atoms with E-state index in [1.807, 2.05) is 0 Å². The number of benzene rings is 1. The number of nitrogens with zero attached hydrogens (tertiary/aromatic N) is 1. The molecular formula is C14H22N2. The van der Waals surface area contributed by atoms with E-state index in [1.54, 1.807) is 0 Å². The number of likely N-dealkylation sites (tertiary alicyclic amines) is 1. The quantitative estimate of drug-likeness (QED) is 0.832. The number of aryl methyl sites for hydroxylation is 1. The van der Waals surface area contributed by atoms with Crippen LogP contribution in [0, 0.1) is 6.92 Å². The van der Waals surface area contributed by atoms with E-state index in [0.29, 0.717) is 0 Å². The van der Waals surface area contributed by atoms with Gasteiger partial charge in [-0.05, 0) is 46.0 Å². The van der Waals surface area contributed by atoms with E-state index in [4.69, 9.17) is 0 Å². The Bertz CT molecular complexity index is 344. The van der Waals surface area contributed by atoms with Crippen molar-refractivity contribution in [3.63, 3.8) is 0 Å². The summed E-state index contributed by atoms with van der Waals surface area (Å²) in [5.74, 6) is 0. The zero-order chi connectivity index (χ0) is 11.6. The van der Waals surface area contributed by atoms with Crippen LogP contribution in [-0.4, -0.2) is 37.6 Å². The van der Waals surface area contributed by atoms with Crippen molar-refractivity contribution >= 4 is 0 Å². The van der Waals surface area contributed by atoms with Crippen LogP contribution in [0.1, 0.15) is 17.5 Å². The maximum absolute atomic E-state index is 3.53. The van der Waals surface area contributed by atoms with Crippen molar-refractivity contribution in [3.8, 4) is 0 Å². The third-order valence-corrected chi connectivity index (χ3v) is 3.74. The first-order valence-electron chi connectivity index (χ1n) is 6.07. The molecule has 1 aliphatic heterocycles. The maximum Gasteiger partial charge on any atom is 0.0358 e. The molecule has 1 aliphatic rings. The van der Waals surface area contributed by atoms with Crippen LogP contribution in [0.15, 0.2) is 24.3 Å². The van der Waals surface area contributed by atoms with E-state index in [2.05, 4.69) is 55.5 Å². The topological polar surface area (TPSA) is 15.3 Å². The van der Waals surface area contributed by atoms with Crippen molar-refractivity contribution in [1.29, 1.82) is 0 Å². The number of hydrogen-bond acceptors (Lipinski definition) is 2. The van der Waals surface area contributed by atoms with E-state index in [1.165, 1.54) is 24.1 Å². The van der Waals surface area contributed by atoms with Crippen molar-refractivity contribution in [3.05, 3.63) is 35.4 Å². The van der Waals surface area contributed by atoms with Crippen molar-refractivity contribution in [2.24, 2.45) is 0 Å². The summed E-state index contributed by atoms with van der Waals surface area (Å²) < 4.78 is 0. The fourth-order valence-electron chi connectivity index (χ4n) is 2.61. The molecule has 1 unspecified atom stereocenters. The molecule has 1 aromatic carbocycles. The smallest absolute Gasteiger partial charge is 0.0358 e. The highest BCUT2D eigenvalue weighted by molar-refractivity contribution is 5.24. The van der Waals surface area contributed by atoms with Crippen molar-refractivity contribution in [2.75, 3.05) is 27.2 Å². The molecule has 1 aromatic rings. The Balaban J connectivity index is 2.10. The van der Waals surface area contributed by atoms with Crippen LogP contribution in [-0.2, 0) is 6.42 Å². The molecule has 2 heteroatoms. The minimum atomic E-state index is 0.282. The summed E-state index contributed by atoms with van der Waals surface area (Å²) in [5.41, 5.74) is 3.06. The van der Waals surface area contributed by atoms with Gasteiger partial charge in [0.1, 0.15) is 0 Å². The zero-order valence-electron chi connectivity index (χ0n) is 10.6. The molecule has 1 fully saturated rings. The largest absolute Gasteiger partial charge is 0.313 e. The summed E-state index contributed by atoms with van der Waals surface area (Å²) >= 11 is 0. The second kappa shape index (κ2) is 4.56. The standard InChI is InChI=1S/C14H22N2/c1-12-4-6-13(7-5-12)10-14(15-2)8-9-16(3)11-14/h4-7,15H,8-11H2,1-3H3. The molecule has 2 nitrogen and oxygen atoms in total. The number of hydrogen-bond donors (Lipinski definition) is 1. The summed E-state index contributed by atoms with van der Waals surface area (Å²) in [6, 6.07) is 8.92. The van der Waals surface area contributed by atoms with Gasteiger partial charge in [-0.3, -0.25) is 0 Å². The third-order valence-electron chi connectivity index (χ3n) is 3.74. The molecule has 1 saturated heterocycles. The summed E-state index contributed by atoms with van der Waals surface area (Å²) in [7, 11) is 4.29. The summed E-state index contributed by atoms with van der Waals surface area (Å²) in [6.07, 6.45) is 2.38. The summed E-state index contributed by atoms with van der Waals surface area (Å²) in [5, 5.41) is 3.53. The summed E-state index contributed by atoms with van der Waals surface area (Å²) in [4.78, 5) is 2.41. The Labute approximate surface area is 98.7 Å². The van der Waals surface area contributed by atoms with Gasteiger partial charge in [0.05, 0.1) is 0 Å². The Hall–Kier alpha value is -0.860. The van der Waals surface area contributed by atoms with Crippen molar-refractivity contribution < 1.29 is 0 Å². The van der Waals surface area contributed by atoms with Crippen LogP contribution in [0.2, 0.25) is 0 Å². The molecule has 0 saturated carbocycles. The van der Waals surface area contributed by atoms with Gasteiger partial charge < -0.3 is 10.2 Å². The molecule has 0 bridgehead atoms. The second-order valence-electron chi connectivity index (χ2n) is 5.18. The first-order valence-corrected chi connectivity index (χ1v) is 6.07. The lowest BCUT2D eigenvalue weighted by molar-refractivity contribution is 0.326. The van der Waals surface area contributed by atoms with Crippen LogP contribution in [0.4, 0.5) is 0 Å². The predicted molar refractivity (Wildman–Crippen MR) is 68.8 cm³/mol. The van der Waals surface area contributed by atoms with Gasteiger partial charge >= 0.3 is 0 Å². The lowest BCUT2D eigenvalue weighted by atomic mass is 9.90. The first kappa shape index (κ1) is 11.6. The van der Waals surface area contributed by atoms with E-state index < -0.39 is 0 Å². The highest BCUT2D eigenvalue weighted by Gasteiger charge is 2.34. The van der Waals surface area contributed by atoms with Crippen LogP contribution in [0.25, 0.3) is 0 Å². The zero-order valence-corrected chi connectivity index (χ0v) is 10.6. The number of nitrogens with one attached hydrogen (secondary N) is 1. The molecule has 0 radical (unpaired) electrons. The molecule has 0 aromatic heterocycles. The minimum Gasteiger partial charge on any atom is -0.313 e. The lowest BCUT2D eigenvalue weighted by Crippen LogP contribution is -2.47. The van der Waals surface area contributed by atoms with E-state index in [-0.39, 0.29) is 5.54 Å². The molecule has 0 amide bonds. The van der Waals surface area contributed by atoms with E-state index in [9.17, 15) is 0 Å². The van der Waals surface area contributed by atoms with E-state index >= 15 is 0 Å². The Kier molecular flexibility index (Phi) is 3.31. The van der Waals surface area contributed by atoms with Gasteiger partial charge in [0.25, 0.3) is 0 Å². The highest BCUT2D eigenvalue weighted by atomic mass is 15.2. The fourth-order valence-corrected chi connectivity index (χ4v) is 2.61. The minimum absolute atomic E-state index is 0.282. The average molecular weight is 218 g/mol. The molecule has 2 rings (SSSR count). The van der Waals surface area contributed by atoms with E-state index in [0.717, 1.165) is 13.0 Å². The second-order valence-corrected chi connectivity index (χ2v) is 5.18. The van der Waals surface area contributed by atoms with Crippen LogP contribution >= 0.6 is 0 Å². The van der Waals surface area contributed by atoms with Gasteiger partial charge in [-0.1, -0.05) is 29.8 Å². The molecule has 0 aliphatic carbocycles. The highest BCUT2D eigenvalue weighted by Crippen LogP contribution is 2.24. The fraction of sp³-hybridized carbons (Fsp3) is 0.571. The van der Waals surface area contributed by atoms with Crippen LogP contribution < -0.4 is 5.32 Å². The van der Waals surface area contributed by atoms with Crippen molar-refractivity contribution in [2.45, 2.75) is 25.3 Å². The van der Waals surface area contributed by atoms with Gasteiger partial charge in [-0.15, -0.1) is 0 Å². The molecular weight excluding hydrogens is 196 g/mol.